The highest BCUT2D eigenvalue weighted by Crippen LogP contribution is 2.22. The van der Waals surface area contributed by atoms with Crippen LogP contribution in [0.15, 0.2) is 48.5 Å². The van der Waals surface area contributed by atoms with Crippen LogP contribution in [0.4, 0.5) is 4.39 Å². The first-order chi connectivity index (χ1) is 15.4. The fourth-order valence-corrected chi connectivity index (χ4v) is 4.95. The highest BCUT2D eigenvalue weighted by Gasteiger charge is 2.28. The van der Waals surface area contributed by atoms with Gasteiger partial charge in [-0.15, -0.1) is 11.8 Å². The molecule has 4 nitrogen and oxygen atoms in total. The molecular formula is C25H30ClFN2O2S. The van der Waals surface area contributed by atoms with E-state index < -0.39 is 6.04 Å². The number of amides is 2. The number of rotatable bonds is 9. The molecule has 7 heteroatoms. The van der Waals surface area contributed by atoms with E-state index >= 15 is 0 Å². The molecule has 1 saturated carbocycles. The van der Waals surface area contributed by atoms with Crippen molar-refractivity contribution in [1.29, 1.82) is 0 Å². The molecule has 1 fully saturated rings. The van der Waals surface area contributed by atoms with Gasteiger partial charge >= 0.3 is 0 Å². The summed E-state index contributed by atoms with van der Waals surface area (Å²) in [6.07, 6.45) is 5.45. The van der Waals surface area contributed by atoms with E-state index in [9.17, 15) is 14.0 Å². The van der Waals surface area contributed by atoms with E-state index in [4.69, 9.17) is 11.6 Å². The van der Waals surface area contributed by atoms with E-state index in [0.717, 1.165) is 36.8 Å². The van der Waals surface area contributed by atoms with Gasteiger partial charge in [0, 0.05) is 23.4 Å². The predicted octanol–water partition coefficient (Wildman–Crippen LogP) is 5.58. The van der Waals surface area contributed by atoms with Gasteiger partial charge in [0.2, 0.25) is 11.8 Å². The second-order valence-corrected chi connectivity index (χ2v) is 9.64. The molecule has 0 saturated heterocycles. The second kappa shape index (κ2) is 12.3. The summed E-state index contributed by atoms with van der Waals surface area (Å²) in [5.74, 6) is 0.292. The lowest BCUT2D eigenvalue weighted by Gasteiger charge is -2.31. The minimum atomic E-state index is -0.605. The summed E-state index contributed by atoms with van der Waals surface area (Å²) >= 11 is 7.79. The SMILES string of the molecule is CC(C(=O)NC1CCCCC1)N(Cc1ccccc1Cl)C(=O)CSCc1ccc(F)cc1. The van der Waals surface area contributed by atoms with Crippen molar-refractivity contribution in [1.82, 2.24) is 10.2 Å². The number of thioether (sulfide) groups is 1. The molecule has 0 spiro atoms. The number of carbonyl (C=O) groups is 2. The maximum Gasteiger partial charge on any atom is 0.242 e. The Morgan fingerprint density at radius 2 is 1.81 bits per heavy atom. The quantitative estimate of drug-likeness (QED) is 0.514. The van der Waals surface area contributed by atoms with Gasteiger partial charge in [-0.25, -0.2) is 4.39 Å². The molecule has 0 heterocycles. The summed E-state index contributed by atoms with van der Waals surface area (Å²) in [7, 11) is 0. The number of benzene rings is 2. The molecule has 0 radical (unpaired) electrons. The van der Waals surface area contributed by atoms with Crippen LogP contribution in [0.1, 0.15) is 50.2 Å². The van der Waals surface area contributed by atoms with E-state index in [-0.39, 0.29) is 36.0 Å². The summed E-state index contributed by atoms with van der Waals surface area (Å²) in [5, 5.41) is 3.71. The third-order valence-electron chi connectivity index (χ3n) is 5.82. The topological polar surface area (TPSA) is 49.4 Å². The number of carbonyl (C=O) groups excluding carboxylic acids is 2. The molecule has 1 aliphatic carbocycles. The van der Waals surface area contributed by atoms with Crippen LogP contribution in [0.25, 0.3) is 0 Å². The summed E-state index contributed by atoms with van der Waals surface area (Å²) in [5.41, 5.74) is 1.76. The molecule has 1 aliphatic rings. The van der Waals surface area contributed by atoms with Gasteiger partial charge in [0.15, 0.2) is 0 Å². The molecule has 32 heavy (non-hydrogen) atoms. The summed E-state index contributed by atoms with van der Waals surface area (Å²) in [4.78, 5) is 27.8. The van der Waals surface area contributed by atoms with E-state index in [1.807, 2.05) is 18.2 Å². The van der Waals surface area contributed by atoms with Crippen LogP contribution in [0, 0.1) is 5.82 Å². The lowest BCUT2D eigenvalue weighted by Crippen LogP contribution is -2.50. The van der Waals surface area contributed by atoms with Gasteiger partial charge in [-0.1, -0.05) is 61.2 Å². The summed E-state index contributed by atoms with van der Waals surface area (Å²) in [6.45, 7) is 2.05. The van der Waals surface area contributed by atoms with Crippen molar-refractivity contribution >= 4 is 35.2 Å². The Kier molecular flexibility index (Phi) is 9.42. The smallest absolute Gasteiger partial charge is 0.242 e. The lowest BCUT2D eigenvalue weighted by molar-refractivity contribution is -0.139. The van der Waals surface area contributed by atoms with Crippen molar-refractivity contribution in [3.05, 3.63) is 70.5 Å². The van der Waals surface area contributed by atoms with Gasteiger partial charge in [0.1, 0.15) is 11.9 Å². The van der Waals surface area contributed by atoms with Gasteiger partial charge in [0.25, 0.3) is 0 Å². The van der Waals surface area contributed by atoms with Crippen molar-refractivity contribution in [3.8, 4) is 0 Å². The lowest BCUT2D eigenvalue weighted by atomic mass is 9.95. The van der Waals surface area contributed by atoms with Gasteiger partial charge < -0.3 is 10.2 Å². The summed E-state index contributed by atoms with van der Waals surface area (Å²) < 4.78 is 13.1. The average Bonchev–Trinajstić information content (AvgIpc) is 2.80. The molecule has 1 atom stereocenters. The van der Waals surface area contributed by atoms with Crippen LogP contribution in [-0.2, 0) is 21.9 Å². The van der Waals surface area contributed by atoms with Crippen LogP contribution in [0.3, 0.4) is 0 Å². The van der Waals surface area contributed by atoms with Gasteiger partial charge in [-0.2, -0.15) is 0 Å². The highest BCUT2D eigenvalue weighted by atomic mass is 35.5. The van der Waals surface area contributed by atoms with Crippen LogP contribution >= 0.6 is 23.4 Å². The maximum absolute atomic E-state index is 13.2. The molecular weight excluding hydrogens is 447 g/mol. The Balaban J connectivity index is 1.65. The van der Waals surface area contributed by atoms with Crippen molar-refractivity contribution in [2.45, 2.75) is 63.4 Å². The van der Waals surface area contributed by atoms with Gasteiger partial charge in [-0.05, 0) is 49.1 Å². The maximum atomic E-state index is 13.2. The van der Waals surface area contributed by atoms with Crippen LogP contribution in [0.2, 0.25) is 5.02 Å². The second-order valence-electron chi connectivity index (χ2n) is 8.25. The molecule has 0 bridgehead atoms. The van der Waals surface area contributed by atoms with E-state index in [1.165, 1.54) is 30.3 Å². The van der Waals surface area contributed by atoms with Crippen LogP contribution in [-0.4, -0.2) is 34.6 Å². The van der Waals surface area contributed by atoms with Gasteiger partial charge in [0.05, 0.1) is 5.75 Å². The molecule has 0 aliphatic heterocycles. The Labute approximate surface area is 198 Å². The summed E-state index contributed by atoms with van der Waals surface area (Å²) in [6, 6.07) is 13.2. The van der Waals surface area contributed by atoms with Crippen LogP contribution < -0.4 is 5.32 Å². The Morgan fingerprint density at radius 1 is 1.12 bits per heavy atom. The third kappa shape index (κ3) is 7.24. The first-order valence-electron chi connectivity index (χ1n) is 11.1. The number of hydrogen-bond donors (Lipinski definition) is 1. The minimum Gasteiger partial charge on any atom is -0.352 e. The number of nitrogens with one attached hydrogen (secondary N) is 1. The number of nitrogens with zero attached hydrogens (tertiary/aromatic N) is 1. The standard InChI is InChI=1S/C25H30ClFN2O2S/c1-18(25(31)28-22-8-3-2-4-9-22)29(15-20-7-5-6-10-23(20)26)24(30)17-32-16-19-11-13-21(27)14-12-19/h5-7,10-14,18,22H,2-4,8-9,15-17H2,1H3,(H,28,31). The highest BCUT2D eigenvalue weighted by molar-refractivity contribution is 7.99. The molecule has 2 aromatic rings. The molecule has 172 valence electrons. The fraction of sp³-hybridized carbons (Fsp3) is 0.440. The minimum absolute atomic E-state index is 0.122. The van der Waals surface area contributed by atoms with Gasteiger partial charge in [-0.3, -0.25) is 9.59 Å². The largest absolute Gasteiger partial charge is 0.352 e. The van der Waals surface area contributed by atoms with E-state index in [2.05, 4.69) is 5.32 Å². The fourth-order valence-electron chi connectivity index (χ4n) is 3.88. The normalized spacial score (nSPS) is 15.2. The molecule has 1 unspecified atom stereocenters. The average molecular weight is 477 g/mol. The predicted molar refractivity (Wildman–Crippen MR) is 129 cm³/mol. The Bertz CT molecular complexity index is 903. The van der Waals surface area contributed by atoms with Crippen molar-refractivity contribution in [2.75, 3.05) is 5.75 Å². The molecule has 0 aromatic heterocycles. The molecule has 2 aromatic carbocycles. The van der Waals surface area contributed by atoms with Crippen molar-refractivity contribution in [2.24, 2.45) is 0 Å². The zero-order valence-electron chi connectivity index (χ0n) is 18.4. The molecule has 2 amide bonds. The molecule has 1 N–H and O–H groups in total. The Hall–Kier alpha value is -2.05. The van der Waals surface area contributed by atoms with Crippen molar-refractivity contribution < 1.29 is 14.0 Å². The number of halogens is 2. The van der Waals surface area contributed by atoms with E-state index in [1.54, 1.807) is 30.0 Å². The number of hydrogen-bond acceptors (Lipinski definition) is 3. The van der Waals surface area contributed by atoms with Crippen molar-refractivity contribution in [3.63, 3.8) is 0 Å². The Morgan fingerprint density at radius 3 is 2.50 bits per heavy atom. The first kappa shape index (κ1) is 24.6. The zero-order chi connectivity index (χ0) is 22.9. The zero-order valence-corrected chi connectivity index (χ0v) is 19.9. The third-order valence-corrected chi connectivity index (χ3v) is 7.18. The monoisotopic (exact) mass is 476 g/mol. The van der Waals surface area contributed by atoms with Crippen LogP contribution in [0.5, 0.6) is 0 Å². The van der Waals surface area contributed by atoms with E-state index in [0.29, 0.717) is 10.8 Å². The molecule has 3 rings (SSSR count). The first-order valence-corrected chi connectivity index (χ1v) is 12.6.